The van der Waals surface area contributed by atoms with Crippen molar-refractivity contribution in [2.45, 2.75) is 71.0 Å². The van der Waals surface area contributed by atoms with Crippen molar-refractivity contribution in [1.29, 1.82) is 0 Å². The molecule has 146 valence electrons. The molecule has 0 bridgehead atoms. The minimum absolute atomic E-state index is 0.00287. The predicted octanol–water partition coefficient (Wildman–Crippen LogP) is 4.38. The lowest BCUT2D eigenvalue weighted by atomic mass is 9.94. The number of carbonyl (C=O) groups excluding carboxylic acids is 1. The molecule has 2 N–H and O–H groups in total. The fourth-order valence-corrected chi connectivity index (χ4v) is 3.78. The van der Waals surface area contributed by atoms with Gasteiger partial charge >= 0.3 is 0 Å². The van der Waals surface area contributed by atoms with Crippen LogP contribution in [0.2, 0.25) is 18.1 Å². The molecule has 0 saturated heterocycles. The molecule has 0 aromatic heterocycles. The molecule has 0 saturated carbocycles. The number of nitrogens with one attached hydrogen (secondary N) is 1. The summed E-state index contributed by atoms with van der Waals surface area (Å²) in [5.41, 5.74) is 0.595. The first-order valence-corrected chi connectivity index (χ1v) is 12.2. The van der Waals surface area contributed by atoms with E-state index in [9.17, 15) is 9.90 Å². The third kappa shape index (κ3) is 5.79. The van der Waals surface area contributed by atoms with Crippen LogP contribution in [0.15, 0.2) is 43.0 Å². The minimum Gasteiger partial charge on any atom is -0.409 e. The second-order valence-corrected chi connectivity index (χ2v) is 13.4. The summed E-state index contributed by atoms with van der Waals surface area (Å²) >= 11 is 0. The van der Waals surface area contributed by atoms with Gasteiger partial charge in [0, 0.05) is 5.56 Å². The van der Waals surface area contributed by atoms with Gasteiger partial charge in [0.1, 0.15) is 0 Å². The van der Waals surface area contributed by atoms with E-state index in [1.54, 1.807) is 12.1 Å². The van der Waals surface area contributed by atoms with E-state index in [4.69, 9.17) is 4.43 Å². The molecule has 5 heteroatoms. The molecule has 4 nitrogen and oxygen atoms in total. The first-order chi connectivity index (χ1) is 11.9. The second-order valence-electron chi connectivity index (χ2n) is 8.68. The van der Waals surface area contributed by atoms with Crippen LogP contribution in [-0.2, 0) is 4.43 Å². The zero-order chi connectivity index (χ0) is 20.1. The van der Waals surface area contributed by atoms with Crippen LogP contribution in [0.4, 0.5) is 0 Å². The molecule has 0 aliphatic heterocycles. The lowest BCUT2D eigenvalue weighted by Gasteiger charge is -2.43. The summed E-state index contributed by atoms with van der Waals surface area (Å²) in [5, 5.41) is 13.6. The van der Waals surface area contributed by atoms with Gasteiger partial charge in [-0.1, -0.05) is 58.9 Å². The number of amides is 1. The van der Waals surface area contributed by atoms with Gasteiger partial charge in [-0.2, -0.15) is 0 Å². The Morgan fingerprint density at radius 2 is 1.77 bits per heavy atom. The van der Waals surface area contributed by atoms with Gasteiger partial charge in [-0.05, 0) is 36.2 Å². The van der Waals surface area contributed by atoms with Gasteiger partial charge in [0.15, 0.2) is 8.32 Å². The lowest BCUT2D eigenvalue weighted by Crippen LogP contribution is -2.57. The molecule has 1 rings (SSSR count). The maximum atomic E-state index is 12.7. The van der Waals surface area contributed by atoms with Crippen LogP contribution in [0.3, 0.4) is 0 Å². The van der Waals surface area contributed by atoms with E-state index >= 15 is 0 Å². The SMILES string of the molecule is C=C[C@H](O)[C@H](O[Si](C)(C)C(C)(C)C)[C@@H](NC(=O)c1ccccc1)C(C)C. The van der Waals surface area contributed by atoms with Crippen LogP contribution < -0.4 is 5.32 Å². The van der Waals surface area contributed by atoms with Crippen molar-refractivity contribution >= 4 is 14.2 Å². The molecule has 0 spiro atoms. The molecule has 1 amide bonds. The number of aliphatic hydroxyl groups is 1. The number of rotatable bonds is 8. The summed E-state index contributed by atoms with van der Waals surface area (Å²) in [4.78, 5) is 12.7. The standard InChI is InChI=1S/C21H35NO3Si/c1-9-17(23)19(25-26(7,8)21(4,5)6)18(15(2)3)22-20(24)16-13-11-10-12-14-16/h9-15,17-19,23H,1H2,2-8H3,(H,22,24)/t17-,18-,19-/m0/s1. The van der Waals surface area contributed by atoms with Crippen LogP contribution in [0.5, 0.6) is 0 Å². The average molecular weight is 378 g/mol. The van der Waals surface area contributed by atoms with Gasteiger partial charge in [-0.25, -0.2) is 0 Å². The number of hydrogen-bond donors (Lipinski definition) is 2. The van der Waals surface area contributed by atoms with Gasteiger partial charge in [-0.15, -0.1) is 6.58 Å². The van der Waals surface area contributed by atoms with Crippen molar-refractivity contribution < 1.29 is 14.3 Å². The highest BCUT2D eigenvalue weighted by atomic mass is 28.4. The first-order valence-electron chi connectivity index (χ1n) is 9.25. The Bertz CT molecular complexity index is 593. The van der Waals surface area contributed by atoms with Crippen LogP contribution in [0, 0.1) is 5.92 Å². The molecular formula is C21H35NO3Si. The van der Waals surface area contributed by atoms with E-state index in [0.29, 0.717) is 5.56 Å². The largest absolute Gasteiger partial charge is 0.409 e. The van der Waals surface area contributed by atoms with Gasteiger partial charge in [0.05, 0.1) is 18.2 Å². The van der Waals surface area contributed by atoms with Crippen molar-refractivity contribution in [2.75, 3.05) is 0 Å². The van der Waals surface area contributed by atoms with E-state index < -0.39 is 20.5 Å². The maximum absolute atomic E-state index is 12.7. The van der Waals surface area contributed by atoms with Crippen LogP contribution in [0.25, 0.3) is 0 Å². The molecule has 1 aromatic carbocycles. The number of benzene rings is 1. The Morgan fingerprint density at radius 3 is 2.19 bits per heavy atom. The Kier molecular flexibility index (Phi) is 7.80. The quantitative estimate of drug-likeness (QED) is 0.522. The van der Waals surface area contributed by atoms with E-state index in [0.717, 1.165) is 0 Å². The molecule has 3 atom stereocenters. The summed E-state index contributed by atoms with van der Waals surface area (Å²) < 4.78 is 6.52. The number of aliphatic hydroxyl groups excluding tert-OH is 1. The molecule has 0 heterocycles. The fourth-order valence-electron chi connectivity index (χ4n) is 2.46. The van der Waals surface area contributed by atoms with Crippen molar-refractivity contribution in [3.8, 4) is 0 Å². The van der Waals surface area contributed by atoms with Crippen molar-refractivity contribution in [1.82, 2.24) is 5.32 Å². The van der Waals surface area contributed by atoms with E-state index in [-0.39, 0.29) is 22.9 Å². The highest BCUT2D eigenvalue weighted by Crippen LogP contribution is 2.38. The van der Waals surface area contributed by atoms with Gasteiger partial charge in [-0.3, -0.25) is 4.79 Å². The van der Waals surface area contributed by atoms with Crippen LogP contribution in [0.1, 0.15) is 45.0 Å². The van der Waals surface area contributed by atoms with E-state index in [1.807, 2.05) is 32.0 Å². The molecular weight excluding hydrogens is 342 g/mol. The van der Waals surface area contributed by atoms with Crippen molar-refractivity contribution in [3.05, 3.63) is 48.6 Å². The lowest BCUT2D eigenvalue weighted by molar-refractivity contribution is 0.0186. The normalized spacial score (nSPS) is 16.0. The molecule has 0 fully saturated rings. The smallest absolute Gasteiger partial charge is 0.251 e. The first kappa shape index (κ1) is 22.6. The summed E-state index contributed by atoms with van der Waals surface area (Å²) in [5.74, 6) is -0.0728. The molecule has 26 heavy (non-hydrogen) atoms. The van der Waals surface area contributed by atoms with Gasteiger partial charge < -0.3 is 14.8 Å². The topological polar surface area (TPSA) is 58.6 Å². The average Bonchev–Trinajstić information content (AvgIpc) is 2.56. The van der Waals surface area contributed by atoms with Crippen molar-refractivity contribution in [2.24, 2.45) is 5.92 Å². The Hall–Kier alpha value is -1.43. The fraction of sp³-hybridized carbons (Fsp3) is 0.571. The zero-order valence-electron chi connectivity index (χ0n) is 17.2. The third-order valence-electron chi connectivity index (χ3n) is 5.22. The Balaban J connectivity index is 3.13. The molecule has 1 aromatic rings. The molecule has 0 unspecified atom stereocenters. The van der Waals surface area contributed by atoms with Crippen molar-refractivity contribution in [3.63, 3.8) is 0 Å². The number of carbonyl (C=O) groups is 1. The summed E-state index contributed by atoms with van der Waals surface area (Å²) in [6.45, 7) is 18.5. The van der Waals surface area contributed by atoms with Gasteiger partial charge in [0.25, 0.3) is 5.91 Å². The molecule has 0 radical (unpaired) electrons. The monoisotopic (exact) mass is 377 g/mol. The third-order valence-corrected chi connectivity index (χ3v) is 9.69. The zero-order valence-corrected chi connectivity index (χ0v) is 18.2. The highest BCUT2D eigenvalue weighted by Gasteiger charge is 2.43. The number of hydrogen-bond acceptors (Lipinski definition) is 3. The maximum Gasteiger partial charge on any atom is 0.251 e. The Labute approximate surface area is 159 Å². The van der Waals surface area contributed by atoms with Gasteiger partial charge in [0.2, 0.25) is 0 Å². The summed E-state index contributed by atoms with van der Waals surface area (Å²) in [6, 6.07) is 8.77. The summed E-state index contributed by atoms with van der Waals surface area (Å²) in [7, 11) is -2.15. The molecule has 0 aliphatic carbocycles. The highest BCUT2D eigenvalue weighted by molar-refractivity contribution is 6.74. The second kappa shape index (κ2) is 8.98. The van der Waals surface area contributed by atoms with E-state index in [1.165, 1.54) is 6.08 Å². The minimum atomic E-state index is -2.15. The van der Waals surface area contributed by atoms with E-state index in [2.05, 4.69) is 45.8 Å². The Morgan fingerprint density at radius 1 is 1.23 bits per heavy atom. The molecule has 0 aliphatic rings. The summed E-state index contributed by atoms with van der Waals surface area (Å²) in [6.07, 6.45) is 0.0932. The van der Waals surface area contributed by atoms with Crippen LogP contribution >= 0.6 is 0 Å². The van der Waals surface area contributed by atoms with Crippen LogP contribution in [-0.4, -0.2) is 37.6 Å². The predicted molar refractivity (Wildman–Crippen MR) is 111 cm³/mol.